The lowest BCUT2D eigenvalue weighted by atomic mass is 10.0. The van der Waals surface area contributed by atoms with Crippen molar-refractivity contribution >= 4 is 5.97 Å². The van der Waals surface area contributed by atoms with Gasteiger partial charge in [0.2, 0.25) is 0 Å². The maximum absolute atomic E-state index is 10.6. The molecule has 0 aliphatic heterocycles. The minimum Gasteiger partial charge on any atom is -0.481 e. The highest BCUT2D eigenvalue weighted by Crippen LogP contribution is 2.16. The molecule has 18 heavy (non-hydrogen) atoms. The number of hydrogen-bond acceptors (Lipinski definition) is 3. The summed E-state index contributed by atoms with van der Waals surface area (Å²) in [5.41, 5.74) is 7.86. The Bertz CT molecular complexity index is 375. The summed E-state index contributed by atoms with van der Waals surface area (Å²) in [6.07, 6.45) is 2.12. The zero-order chi connectivity index (χ0) is 13.5. The predicted molar refractivity (Wildman–Crippen MR) is 70.4 cm³/mol. The molecule has 0 amide bonds. The summed E-state index contributed by atoms with van der Waals surface area (Å²) >= 11 is 0. The van der Waals surface area contributed by atoms with Crippen LogP contribution in [0.2, 0.25) is 0 Å². The Kier molecular flexibility index (Phi) is 5.82. The summed E-state index contributed by atoms with van der Waals surface area (Å²) in [6.45, 7) is 2.04. The normalized spacial score (nSPS) is 14.2. The van der Waals surface area contributed by atoms with Crippen molar-refractivity contribution in [3.63, 3.8) is 0 Å². The van der Waals surface area contributed by atoms with E-state index in [4.69, 9.17) is 15.6 Å². The quantitative estimate of drug-likeness (QED) is 0.778. The lowest BCUT2D eigenvalue weighted by Gasteiger charge is -2.11. The minimum atomic E-state index is -0.875. The van der Waals surface area contributed by atoms with Gasteiger partial charge in [0.1, 0.15) is 0 Å². The van der Waals surface area contributed by atoms with Crippen molar-refractivity contribution in [2.45, 2.75) is 38.3 Å². The third-order valence-corrected chi connectivity index (χ3v) is 3.04. The molecule has 0 aliphatic carbocycles. The Hall–Kier alpha value is -1.39. The molecule has 2 atom stereocenters. The van der Waals surface area contributed by atoms with E-state index >= 15 is 0 Å². The summed E-state index contributed by atoms with van der Waals surface area (Å²) in [5, 5.41) is 8.68. The van der Waals surface area contributed by atoms with Crippen LogP contribution in [0, 0.1) is 0 Å². The fourth-order valence-corrected chi connectivity index (χ4v) is 1.73. The largest absolute Gasteiger partial charge is 0.481 e. The molecule has 4 heteroatoms. The molecule has 0 aromatic heterocycles. The average Bonchev–Trinajstić information content (AvgIpc) is 2.35. The summed E-state index contributed by atoms with van der Waals surface area (Å²) in [7, 11) is 1.71. The number of aliphatic carboxylic acids is 1. The van der Waals surface area contributed by atoms with E-state index in [1.165, 1.54) is 5.56 Å². The molecule has 0 spiro atoms. The number of carboxylic acid groups (broad SMARTS) is 1. The summed E-state index contributed by atoms with van der Waals surface area (Å²) in [4.78, 5) is 10.6. The molecule has 0 saturated carbocycles. The number of aryl methyl sites for hydroxylation is 1. The van der Waals surface area contributed by atoms with Crippen LogP contribution in [-0.2, 0) is 16.0 Å². The number of benzene rings is 1. The third kappa shape index (κ3) is 4.85. The summed E-state index contributed by atoms with van der Waals surface area (Å²) in [5.74, 6) is -0.875. The second-order valence-corrected chi connectivity index (χ2v) is 4.53. The van der Waals surface area contributed by atoms with Crippen LogP contribution < -0.4 is 5.73 Å². The molecule has 0 radical (unpaired) electrons. The van der Waals surface area contributed by atoms with Crippen molar-refractivity contribution in [3.8, 4) is 0 Å². The number of hydrogen-bond donors (Lipinski definition) is 2. The molecule has 0 heterocycles. The lowest BCUT2D eigenvalue weighted by molar-refractivity contribution is -0.137. The monoisotopic (exact) mass is 251 g/mol. The Balaban J connectivity index is 2.54. The van der Waals surface area contributed by atoms with E-state index in [1.807, 2.05) is 31.2 Å². The van der Waals surface area contributed by atoms with Crippen molar-refractivity contribution in [1.29, 1.82) is 0 Å². The number of rotatable bonds is 7. The van der Waals surface area contributed by atoms with E-state index in [0.29, 0.717) is 0 Å². The first-order chi connectivity index (χ1) is 8.52. The van der Waals surface area contributed by atoms with Crippen LogP contribution in [-0.4, -0.2) is 24.3 Å². The first-order valence-corrected chi connectivity index (χ1v) is 6.12. The molecule has 1 rings (SSSR count). The van der Waals surface area contributed by atoms with Crippen LogP contribution >= 0.6 is 0 Å². The summed E-state index contributed by atoms with van der Waals surface area (Å²) < 4.78 is 5.19. The Labute approximate surface area is 108 Å². The zero-order valence-electron chi connectivity index (χ0n) is 10.9. The fraction of sp³-hybridized carbons (Fsp3) is 0.500. The topological polar surface area (TPSA) is 72.5 Å². The van der Waals surface area contributed by atoms with Crippen molar-refractivity contribution in [1.82, 2.24) is 0 Å². The number of methoxy groups -OCH3 is 1. The molecule has 0 bridgehead atoms. The van der Waals surface area contributed by atoms with Crippen LogP contribution in [0.1, 0.15) is 36.9 Å². The number of ether oxygens (including phenoxy) is 1. The molecule has 0 saturated heterocycles. The molecule has 100 valence electrons. The molecular formula is C14H21NO3. The first-order valence-electron chi connectivity index (χ1n) is 6.12. The molecular weight excluding hydrogens is 230 g/mol. The van der Waals surface area contributed by atoms with E-state index in [2.05, 4.69) is 0 Å². The summed E-state index contributed by atoms with van der Waals surface area (Å²) in [6, 6.07) is 7.37. The maximum Gasteiger partial charge on any atom is 0.305 e. The van der Waals surface area contributed by atoms with Crippen molar-refractivity contribution < 1.29 is 14.6 Å². The van der Waals surface area contributed by atoms with Crippen molar-refractivity contribution in [2.75, 3.05) is 7.11 Å². The van der Waals surface area contributed by atoms with Gasteiger partial charge in [-0.15, -0.1) is 0 Å². The van der Waals surface area contributed by atoms with Gasteiger partial charge < -0.3 is 15.6 Å². The lowest BCUT2D eigenvalue weighted by Crippen LogP contribution is -2.14. The maximum atomic E-state index is 10.6. The van der Waals surface area contributed by atoms with Crippen LogP contribution in [0.4, 0.5) is 0 Å². The third-order valence-electron chi connectivity index (χ3n) is 3.04. The molecule has 0 fully saturated rings. The van der Waals surface area contributed by atoms with E-state index in [1.54, 1.807) is 7.11 Å². The Morgan fingerprint density at radius 3 is 2.50 bits per heavy atom. The van der Waals surface area contributed by atoms with Crippen LogP contribution in [0.5, 0.6) is 0 Å². The van der Waals surface area contributed by atoms with Gasteiger partial charge in [0.15, 0.2) is 0 Å². The second kappa shape index (κ2) is 7.13. The average molecular weight is 251 g/mol. The standard InChI is InChI=1S/C14H21NO3/c1-10(18-2)3-4-11-5-7-12(8-6-11)13(15)9-14(16)17/h5-8,10,13H,3-4,9,15H2,1-2H3,(H,16,17). The van der Waals surface area contributed by atoms with E-state index in [0.717, 1.165) is 18.4 Å². The number of carbonyl (C=O) groups is 1. The van der Waals surface area contributed by atoms with Gasteiger partial charge in [0.05, 0.1) is 12.5 Å². The molecule has 1 aromatic rings. The van der Waals surface area contributed by atoms with Gasteiger partial charge in [-0.05, 0) is 30.9 Å². The van der Waals surface area contributed by atoms with Crippen LogP contribution in [0.15, 0.2) is 24.3 Å². The van der Waals surface area contributed by atoms with E-state index in [-0.39, 0.29) is 12.5 Å². The van der Waals surface area contributed by atoms with Gasteiger partial charge in [-0.3, -0.25) is 4.79 Å². The molecule has 4 nitrogen and oxygen atoms in total. The smallest absolute Gasteiger partial charge is 0.305 e. The van der Waals surface area contributed by atoms with Crippen LogP contribution in [0.25, 0.3) is 0 Å². The number of carboxylic acids is 1. The minimum absolute atomic E-state index is 0.0416. The van der Waals surface area contributed by atoms with Gasteiger partial charge in [-0.1, -0.05) is 24.3 Å². The number of nitrogens with two attached hydrogens (primary N) is 1. The van der Waals surface area contributed by atoms with Gasteiger partial charge in [-0.2, -0.15) is 0 Å². The molecule has 2 unspecified atom stereocenters. The zero-order valence-corrected chi connectivity index (χ0v) is 10.9. The van der Waals surface area contributed by atoms with E-state index in [9.17, 15) is 4.79 Å². The Morgan fingerprint density at radius 2 is 2.00 bits per heavy atom. The van der Waals surface area contributed by atoms with Crippen molar-refractivity contribution in [3.05, 3.63) is 35.4 Å². The Morgan fingerprint density at radius 1 is 1.39 bits per heavy atom. The van der Waals surface area contributed by atoms with Gasteiger partial charge in [0.25, 0.3) is 0 Å². The van der Waals surface area contributed by atoms with Gasteiger partial charge in [0, 0.05) is 13.2 Å². The fourth-order valence-electron chi connectivity index (χ4n) is 1.73. The highest BCUT2D eigenvalue weighted by atomic mass is 16.5. The molecule has 3 N–H and O–H groups in total. The highest BCUT2D eigenvalue weighted by molar-refractivity contribution is 5.67. The second-order valence-electron chi connectivity index (χ2n) is 4.53. The predicted octanol–water partition coefficient (Wildman–Crippen LogP) is 2.13. The van der Waals surface area contributed by atoms with Crippen LogP contribution in [0.3, 0.4) is 0 Å². The first kappa shape index (κ1) is 14.7. The SMILES string of the molecule is COC(C)CCc1ccc(C(N)CC(=O)O)cc1. The highest BCUT2D eigenvalue weighted by Gasteiger charge is 2.10. The molecule has 0 aliphatic rings. The van der Waals surface area contributed by atoms with Gasteiger partial charge in [-0.25, -0.2) is 0 Å². The van der Waals surface area contributed by atoms with Gasteiger partial charge >= 0.3 is 5.97 Å². The van der Waals surface area contributed by atoms with Crippen molar-refractivity contribution in [2.24, 2.45) is 5.73 Å². The molecule has 1 aromatic carbocycles. The van der Waals surface area contributed by atoms with E-state index < -0.39 is 12.0 Å².